The molecule has 1 aromatic carbocycles. The minimum Gasteiger partial charge on any atom is -0.327 e. The predicted molar refractivity (Wildman–Crippen MR) is 136 cm³/mol. The second-order valence-electron chi connectivity index (χ2n) is 11.1. The van der Waals surface area contributed by atoms with Gasteiger partial charge in [-0.3, -0.25) is 9.59 Å². The standard InChI is InChI=1S/C27H42N4O2/c1-10-11-12-20-13-15-21(16-14-20)25(33)30(19(2)3)18-24(32)28-23-17-22(26(4,5)6)29-31(23)27(7,8)9/h13-17,19H,10-12,18H2,1-9H3,(H,28,32). The number of hydrogen-bond acceptors (Lipinski definition) is 3. The first-order chi connectivity index (χ1) is 15.2. The van der Waals surface area contributed by atoms with Crippen molar-refractivity contribution in [2.24, 2.45) is 0 Å². The van der Waals surface area contributed by atoms with Crippen LogP contribution in [-0.4, -0.2) is 39.1 Å². The molecule has 1 heterocycles. The van der Waals surface area contributed by atoms with Crippen molar-refractivity contribution in [3.63, 3.8) is 0 Å². The molecule has 2 amide bonds. The van der Waals surface area contributed by atoms with Crippen molar-refractivity contribution < 1.29 is 9.59 Å². The zero-order valence-electron chi connectivity index (χ0n) is 22.0. The molecule has 2 aromatic rings. The number of nitrogens with one attached hydrogen (secondary N) is 1. The fourth-order valence-corrected chi connectivity index (χ4v) is 3.53. The van der Waals surface area contributed by atoms with E-state index in [0.717, 1.165) is 25.0 Å². The summed E-state index contributed by atoms with van der Waals surface area (Å²) >= 11 is 0. The molecule has 0 fully saturated rings. The molecule has 0 aliphatic rings. The van der Waals surface area contributed by atoms with Crippen molar-refractivity contribution in [1.82, 2.24) is 14.7 Å². The summed E-state index contributed by atoms with van der Waals surface area (Å²) in [5.41, 5.74) is 2.31. The maximum Gasteiger partial charge on any atom is 0.254 e. The Bertz CT molecular complexity index is 944. The Kier molecular flexibility index (Phi) is 8.50. The van der Waals surface area contributed by atoms with Crippen molar-refractivity contribution in [2.75, 3.05) is 11.9 Å². The van der Waals surface area contributed by atoms with Gasteiger partial charge in [0.1, 0.15) is 12.4 Å². The molecular formula is C27H42N4O2. The number of unbranched alkanes of at least 4 members (excludes halogenated alkanes) is 1. The highest BCUT2D eigenvalue weighted by Gasteiger charge is 2.27. The largest absolute Gasteiger partial charge is 0.327 e. The molecule has 0 bridgehead atoms. The van der Waals surface area contributed by atoms with Gasteiger partial charge in [-0.15, -0.1) is 0 Å². The second kappa shape index (κ2) is 10.5. The normalized spacial score (nSPS) is 12.2. The van der Waals surface area contributed by atoms with Gasteiger partial charge in [-0.05, 0) is 65.2 Å². The Morgan fingerprint density at radius 3 is 2.15 bits per heavy atom. The first kappa shape index (κ1) is 26.6. The van der Waals surface area contributed by atoms with Crippen LogP contribution < -0.4 is 5.32 Å². The molecule has 0 aliphatic heterocycles. The summed E-state index contributed by atoms with van der Waals surface area (Å²) in [4.78, 5) is 27.8. The van der Waals surface area contributed by atoms with Crippen molar-refractivity contribution in [2.45, 2.75) is 98.6 Å². The summed E-state index contributed by atoms with van der Waals surface area (Å²) in [5, 5.41) is 7.75. The number of benzene rings is 1. The van der Waals surface area contributed by atoms with Gasteiger partial charge in [-0.1, -0.05) is 46.2 Å². The number of carbonyl (C=O) groups excluding carboxylic acids is 2. The fourth-order valence-electron chi connectivity index (χ4n) is 3.53. The Morgan fingerprint density at radius 1 is 1.06 bits per heavy atom. The van der Waals surface area contributed by atoms with Crippen molar-refractivity contribution in [1.29, 1.82) is 0 Å². The molecule has 2 rings (SSSR count). The summed E-state index contributed by atoms with van der Waals surface area (Å²) in [5.74, 6) is 0.276. The topological polar surface area (TPSA) is 67.2 Å². The number of aryl methyl sites for hydroxylation is 1. The third kappa shape index (κ3) is 7.18. The van der Waals surface area contributed by atoms with E-state index in [0.29, 0.717) is 11.4 Å². The van der Waals surface area contributed by atoms with Crippen molar-refractivity contribution in [3.8, 4) is 0 Å². The molecular weight excluding hydrogens is 412 g/mol. The molecule has 1 N–H and O–H groups in total. The lowest BCUT2D eigenvalue weighted by atomic mass is 9.92. The van der Waals surface area contributed by atoms with E-state index in [9.17, 15) is 9.59 Å². The SMILES string of the molecule is CCCCc1ccc(C(=O)N(CC(=O)Nc2cc(C(C)(C)C)nn2C(C)(C)C)C(C)C)cc1. The average Bonchev–Trinajstić information content (AvgIpc) is 3.15. The van der Waals surface area contributed by atoms with Crippen LogP contribution in [0.5, 0.6) is 0 Å². The van der Waals surface area contributed by atoms with Crippen LogP contribution in [0, 0.1) is 0 Å². The average molecular weight is 455 g/mol. The summed E-state index contributed by atoms with van der Waals surface area (Å²) in [6.45, 7) is 18.5. The van der Waals surface area contributed by atoms with E-state index in [-0.39, 0.29) is 35.4 Å². The van der Waals surface area contributed by atoms with Gasteiger partial charge in [0.15, 0.2) is 0 Å². The van der Waals surface area contributed by atoms with Gasteiger partial charge < -0.3 is 10.2 Å². The van der Waals surface area contributed by atoms with Crippen LogP contribution in [0.1, 0.15) is 96.8 Å². The van der Waals surface area contributed by atoms with Gasteiger partial charge in [-0.25, -0.2) is 4.68 Å². The molecule has 6 heteroatoms. The molecule has 33 heavy (non-hydrogen) atoms. The van der Waals surface area contributed by atoms with Crippen molar-refractivity contribution >= 4 is 17.6 Å². The van der Waals surface area contributed by atoms with Crippen LogP contribution in [-0.2, 0) is 22.2 Å². The molecule has 0 aliphatic carbocycles. The maximum absolute atomic E-state index is 13.2. The number of nitrogens with zero attached hydrogens (tertiary/aromatic N) is 3. The summed E-state index contributed by atoms with van der Waals surface area (Å²) in [6, 6.07) is 9.57. The first-order valence-electron chi connectivity index (χ1n) is 12.0. The lowest BCUT2D eigenvalue weighted by Gasteiger charge is -2.27. The Labute approximate surface area is 199 Å². The second-order valence-corrected chi connectivity index (χ2v) is 11.1. The minimum absolute atomic E-state index is 0.0196. The van der Waals surface area contributed by atoms with Crippen LogP contribution in [0.2, 0.25) is 0 Å². The van der Waals surface area contributed by atoms with E-state index in [2.05, 4.69) is 53.8 Å². The van der Waals surface area contributed by atoms with Gasteiger partial charge in [0.25, 0.3) is 5.91 Å². The zero-order chi connectivity index (χ0) is 25.0. The predicted octanol–water partition coefficient (Wildman–Crippen LogP) is 5.77. The Morgan fingerprint density at radius 2 is 1.67 bits per heavy atom. The number of carbonyl (C=O) groups is 2. The summed E-state index contributed by atoms with van der Waals surface area (Å²) < 4.78 is 1.85. The van der Waals surface area contributed by atoms with Crippen LogP contribution in [0.3, 0.4) is 0 Å². The quantitative estimate of drug-likeness (QED) is 0.551. The number of aromatic nitrogens is 2. The lowest BCUT2D eigenvalue weighted by molar-refractivity contribution is -0.117. The molecule has 0 saturated heterocycles. The van der Waals surface area contributed by atoms with E-state index < -0.39 is 0 Å². The third-order valence-electron chi connectivity index (χ3n) is 5.60. The van der Waals surface area contributed by atoms with E-state index in [1.165, 1.54) is 5.56 Å². The molecule has 182 valence electrons. The smallest absolute Gasteiger partial charge is 0.254 e. The molecule has 0 unspecified atom stereocenters. The van der Waals surface area contributed by atoms with Crippen LogP contribution in [0.25, 0.3) is 0 Å². The van der Waals surface area contributed by atoms with E-state index >= 15 is 0 Å². The number of rotatable bonds is 8. The molecule has 0 spiro atoms. The number of amides is 2. The van der Waals surface area contributed by atoms with E-state index in [4.69, 9.17) is 5.10 Å². The lowest BCUT2D eigenvalue weighted by Crippen LogP contribution is -2.42. The highest BCUT2D eigenvalue weighted by Crippen LogP contribution is 2.28. The van der Waals surface area contributed by atoms with Crippen molar-refractivity contribution in [3.05, 3.63) is 47.2 Å². The zero-order valence-corrected chi connectivity index (χ0v) is 22.0. The monoisotopic (exact) mass is 454 g/mol. The fraction of sp³-hybridized carbons (Fsp3) is 0.593. The Balaban J connectivity index is 2.19. The highest BCUT2D eigenvalue weighted by atomic mass is 16.2. The van der Waals surface area contributed by atoms with Gasteiger partial charge in [0.05, 0.1) is 11.2 Å². The first-order valence-corrected chi connectivity index (χ1v) is 12.0. The third-order valence-corrected chi connectivity index (χ3v) is 5.60. The van der Waals surface area contributed by atoms with Gasteiger partial charge in [-0.2, -0.15) is 5.10 Å². The number of anilines is 1. The van der Waals surface area contributed by atoms with Gasteiger partial charge in [0, 0.05) is 23.1 Å². The van der Waals surface area contributed by atoms with Gasteiger partial charge >= 0.3 is 0 Å². The van der Waals surface area contributed by atoms with Crippen LogP contribution >= 0.6 is 0 Å². The molecule has 1 aromatic heterocycles. The Hall–Kier alpha value is -2.63. The molecule has 0 atom stereocenters. The highest BCUT2D eigenvalue weighted by molar-refractivity contribution is 5.99. The maximum atomic E-state index is 13.2. The summed E-state index contributed by atoms with van der Waals surface area (Å²) in [6.07, 6.45) is 3.29. The number of hydrogen-bond donors (Lipinski definition) is 1. The molecule has 0 saturated carbocycles. The molecule has 6 nitrogen and oxygen atoms in total. The van der Waals surface area contributed by atoms with Crippen LogP contribution in [0.4, 0.5) is 5.82 Å². The van der Waals surface area contributed by atoms with E-state index in [1.54, 1.807) is 4.90 Å². The van der Waals surface area contributed by atoms with E-state index in [1.807, 2.05) is 48.9 Å². The minimum atomic E-state index is -0.292. The molecule has 0 radical (unpaired) electrons. The van der Waals surface area contributed by atoms with Crippen LogP contribution in [0.15, 0.2) is 30.3 Å². The summed E-state index contributed by atoms with van der Waals surface area (Å²) in [7, 11) is 0. The van der Waals surface area contributed by atoms with Gasteiger partial charge in [0.2, 0.25) is 5.91 Å².